The minimum atomic E-state index is -1.10. The van der Waals surface area contributed by atoms with Crippen LogP contribution in [0.3, 0.4) is 0 Å². The second kappa shape index (κ2) is 4.54. The monoisotopic (exact) mass is 197 g/mol. The molecular weight excluding hydrogens is 190 g/mol. The SMILES string of the molecule is O=C=NC(Cc1cccs1)C(=O)O. The van der Waals surface area contributed by atoms with E-state index in [0.29, 0.717) is 0 Å². The summed E-state index contributed by atoms with van der Waals surface area (Å²) in [6.45, 7) is 0. The molecule has 0 radical (unpaired) electrons. The van der Waals surface area contributed by atoms with Gasteiger partial charge in [-0.05, 0) is 11.4 Å². The van der Waals surface area contributed by atoms with Crippen molar-refractivity contribution >= 4 is 23.4 Å². The average molecular weight is 197 g/mol. The Hall–Kier alpha value is -1.45. The molecule has 0 aliphatic rings. The predicted octanol–water partition coefficient (Wildman–Crippen LogP) is 1.08. The van der Waals surface area contributed by atoms with Crippen molar-refractivity contribution in [3.05, 3.63) is 22.4 Å². The van der Waals surface area contributed by atoms with E-state index in [1.54, 1.807) is 6.07 Å². The molecule has 1 unspecified atom stereocenters. The van der Waals surface area contributed by atoms with E-state index >= 15 is 0 Å². The fourth-order valence-corrected chi connectivity index (χ4v) is 1.61. The smallest absolute Gasteiger partial charge is 0.329 e. The molecule has 0 saturated carbocycles. The number of hydrogen-bond donors (Lipinski definition) is 1. The first kappa shape index (κ1) is 9.64. The van der Waals surface area contributed by atoms with Crippen LogP contribution in [0.15, 0.2) is 22.5 Å². The lowest BCUT2D eigenvalue weighted by Gasteiger charge is -2.01. The lowest BCUT2D eigenvalue weighted by atomic mass is 10.2. The number of nitrogens with zero attached hydrogens (tertiary/aromatic N) is 1. The number of hydrogen-bond acceptors (Lipinski definition) is 4. The average Bonchev–Trinajstić information content (AvgIpc) is 2.56. The van der Waals surface area contributed by atoms with Gasteiger partial charge in [0.1, 0.15) is 0 Å². The Morgan fingerprint density at radius 2 is 2.54 bits per heavy atom. The molecule has 13 heavy (non-hydrogen) atoms. The second-order valence-corrected chi connectivity index (χ2v) is 3.39. The first-order valence-electron chi connectivity index (χ1n) is 3.56. The fraction of sp³-hybridized carbons (Fsp3) is 0.250. The van der Waals surface area contributed by atoms with E-state index in [1.165, 1.54) is 17.4 Å². The molecule has 1 aromatic heterocycles. The van der Waals surface area contributed by atoms with Gasteiger partial charge in [0, 0.05) is 11.3 Å². The maximum absolute atomic E-state index is 10.5. The molecule has 1 atom stereocenters. The molecule has 0 amide bonds. The summed E-state index contributed by atoms with van der Waals surface area (Å²) in [7, 11) is 0. The first-order valence-corrected chi connectivity index (χ1v) is 4.44. The quantitative estimate of drug-likeness (QED) is 0.580. The number of aliphatic carboxylic acids is 1. The third-order valence-electron chi connectivity index (χ3n) is 1.47. The zero-order valence-corrected chi connectivity index (χ0v) is 7.45. The van der Waals surface area contributed by atoms with Crippen LogP contribution in [0.2, 0.25) is 0 Å². The lowest BCUT2D eigenvalue weighted by molar-refractivity contribution is -0.138. The van der Waals surface area contributed by atoms with Crippen molar-refractivity contribution in [2.45, 2.75) is 12.5 Å². The van der Waals surface area contributed by atoms with E-state index in [-0.39, 0.29) is 6.42 Å². The Balaban J connectivity index is 2.68. The van der Waals surface area contributed by atoms with Crippen molar-refractivity contribution in [2.75, 3.05) is 0 Å². The van der Waals surface area contributed by atoms with Crippen molar-refractivity contribution in [3.63, 3.8) is 0 Å². The largest absolute Gasteiger partial charge is 0.480 e. The molecule has 0 aliphatic carbocycles. The number of carboxylic acids is 1. The van der Waals surface area contributed by atoms with Gasteiger partial charge in [0.25, 0.3) is 0 Å². The van der Waals surface area contributed by atoms with Crippen molar-refractivity contribution in [2.24, 2.45) is 4.99 Å². The summed E-state index contributed by atoms with van der Waals surface area (Å²) in [5.74, 6) is -1.10. The van der Waals surface area contributed by atoms with Crippen LogP contribution in [-0.4, -0.2) is 23.2 Å². The molecular formula is C8H7NO3S. The van der Waals surface area contributed by atoms with E-state index in [0.717, 1.165) is 4.88 Å². The van der Waals surface area contributed by atoms with Gasteiger partial charge in [-0.2, -0.15) is 4.99 Å². The number of rotatable bonds is 4. The Bertz CT molecular complexity index is 325. The van der Waals surface area contributed by atoms with E-state index < -0.39 is 12.0 Å². The number of carboxylic acid groups (broad SMARTS) is 1. The van der Waals surface area contributed by atoms with Gasteiger partial charge < -0.3 is 5.11 Å². The lowest BCUT2D eigenvalue weighted by Crippen LogP contribution is -2.19. The third-order valence-corrected chi connectivity index (χ3v) is 2.37. The van der Waals surface area contributed by atoms with E-state index in [9.17, 15) is 9.59 Å². The van der Waals surface area contributed by atoms with Crippen LogP contribution < -0.4 is 0 Å². The standard InChI is InChI=1S/C8H7NO3S/c10-5-9-7(8(11)12)4-6-2-1-3-13-6/h1-3,7H,4H2,(H,11,12). The molecule has 0 spiro atoms. The molecule has 68 valence electrons. The van der Waals surface area contributed by atoms with Crippen LogP contribution in [0, 0.1) is 0 Å². The van der Waals surface area contributed by atoms with Crippen LogP contribution in [0.25, 0.3) is 0 Å². The summed E-state index contributed by atoms with van der Waals surface area (Å²) < 4.78 is 0. The van der Waals surface area contributed by atoms with E-state index in [1.807, 2.05) is 11.4 Å². The second-order valence-electron chi connectivity index (χ2n) is 2.36. The summed E-state index contributed by atoms with van der Waals surface area (Å²) in [5, 5.41) is 10.5. The molecule has 1 rings (SSSR count). The van der Waals surface area contributed by atoms with Gasteiger partial charge in [-0.25, -0.2) is 9.59 Å². The Labute approximate surface area is 78.5 Å². The minimum absolute atomic E-state index is 0.252. The van der Waals surface area contributed by atoms with Gasteiger partial charge in [0.15, 0.2) is 6.04 Å². The van der Waals surface area contributed by atoms with Crippen molar-refractivity contribution in [3.8, 4) is 0 Å². The molecule has 4 nitrogen and oxygen atoms in total. The highest BCUT2D eigenvalue weighted by Gasteiger charge is 2.16. The minimum Gasteiger partial charge on any atom is -0.480 e. The fourth-order valence-electron chi connectivity index (χ4n) is 0.871. The Kier molecular flexibility index (Phi) is 3.37. The van der Waals surface area contributed by atoms with Crippen LogP contribution in [0.1, 0.15) is 4.88 Å². The molecule has 5 heteroatoms. The zero-order chi connectivity index (χ0) is 9.68. The van der Waals surface area contributed by atoms with Gasteiger partial charge >= 0.3 is 5.97 Å². The van der Waals surface area contributed by atoms with Gasteiger partial charge in [0.2, 0.25) is 6.08 Å². The van der Waals surface area contributed by atoms with Crippen molar-refractivity contribution < 1.29 is 14.7 Å². The summed E-state index contributed by atoms with van der Waals surface area (Å²) in [4.78, 5) is 24.5. The van der Waals surface area contributed by atoms with Gasteiger partial charge in [0.05, 0.1) is 0 Å². The van der Waals surface area contributed by atoms with Crippen LogP contribution in [0.4, 0.5) is 0 Å². The highest BCUT2D eigenvalue weighted by Crippen LogP contribution is 2.12. The summed E-state index contributed by atoms with van der Waals surface area (Å²) in [6, 6.07) is 2.63. The number of thiophene rings is 1. The maximum Gasteiger partial charge on any atom is 0.329 e. The first-order chi connectivity index (χ1) is 6.24. The maximum atomic E-state index is 10.5. The molecule has 0 aliphatic heterocycles. The molecule has 0 aromatic carbocycles. The van der Waals surface area contributed by atoms with Crippen LogP contribution >= 0.6 is 11.3 Å². The molecule has 1 heterocycles. The highest BCUT2D eigenvalue weighted by atomic mass is 32.1. The molecule has 0 saturated heterocycles. The van der Waals surface area contributed by atoms with Gasteiger partial charge in [-0.15, -0.1) is 11.3 Å². The number of aliphatic imine (C=N–C) groups is 1. The topological polar surface area (TPSA) is 66.7 Å². The third kappa shape index (κ3) is 2.82. The van der Waals surface area contributed by atoms with Gasteiger partial charge in [-0.1, -0.05) is 6.07 Å². The zero-order valence-electron chi connectivity index (χ0n) is 6.64. The molecule has 0 bridgehead atoms. The summed E-state index contributed by atoms with van der Waals surface area (Å²) >= 11 is 1.44. The number of carbonyl (C=O) groups is 1. The molecule has 1 N–H and O–H groups in total. The Morgan fingerprint density at radius 1 is 1.77 bits per heavy atom. The van der Waals surface area contributed by atoms with Crippen LogP contribution in [-0.2, 0) is 16.0 Å². The number of isocyanates is 1. The molecule has 1 aromatic rings. The van der Waals surface area contributed by atoms with E-state index in [2.05, 4.69) is 4.99 Å². The summed E-state index contributed by atoms with van der Waals surface area (Å²) in [5.41, 5.74) is 0. The Morgan fingerprint density at radius 3 is 3.00 bits per heavy atom. The predicted molar refractivity (Wildman–Crippen MR) is 47.6 cm³/mol. The number of carbonyl (C=O) groups excluding carboxylic acids is 1. The molecule has 0 fully saturated rings. The van der Waals surface area contributed by atoms with Crippen LogP contribution in [0.5, 0.6) is 0 Å². The normalized spacial score (nSPS) is 11.7. The van der Waals surface area contributed by atoms with E-state index in [4.69, 9.17) is 5.11 Å². The highest BCUT2D eigenvalue weighted by molar-refractivity contribution is 7.09. The van der Waals surface area contributed by atoms with Gasteiger partial charge in [-0.3, -0.25) is 0 Å². The summed E-state index contributed by atoms with van der Waals surface area (Å²) in [6.07, 6.45) is 1.51. The van der Waals surface area contributed by atoms with Crippen molar-refractivity contribution in [1.82, 2.24) is 0 Å². The van der Waals surface area contributed by atoms with Crippen molar-refractivity contribution in [1.29, 1.82) is 0 Å².